The molecule has 0 spiro atoms. The molecule has 2 aromatic carbocycles. The van der Waals surface area contributed by atoms with Crippen LogP contribution >= 0.6 is 11.8 Å². The van der Waals surface area contributed by atoms with Crippen molar-refractivity contribution in [3.05, 3.63) is 89.7 Å². The molecule has 0 radical (unpaired) electrons. The van der Waals surface area contributed by atoms with Crippen molar-refractivity contribution in [3.8, 4) is 23.1 Å². The number of pyridine rings is 1. The van der Waals surface area contributed by atoms with Crippen LogP contribution in [0.15, 0.2) is 78.2 Å². The molecule has 136 valence electrons. The summed E-state index contributed by atoms with van der Waals surface area (Å²) in [5, 5.41) is 18.8. The maximum Gasteiger partial charge on any atom is 0.196 e. The molecule has 0 aliphatic heterocycles. The number of hydrogen-bond acceptors (Lipinski definition) is 5. The van der Waals surface area contributed by atoms with Crippen LogP contribution < -0.4 is 0 Å². The maximum absolute atomic E-state index is 9.11. The lowest BCUT2D eigenvalue weighted by Crippen LogP contribution is -2.02. The van der Waals surface area contributed by atoms with Gasteiger partial charge in [0.05, 0.1) is 17.3 Å². The van der Waals surface area contributed by atoms with Crippen molar-refractivity contribution >= 4 is 11.8 Å². The molecule has 4 aromatic rings. The second kappa shape index (κ2) is 8.07. The van der Waals surface area contributed by atoms with Crippen LogP contribution in [0.3, 0.4) is 0 Å². The Kier molecular flexibility index (Phi) is 5.18. The molecule has 2 heterocycles. The van der Waals surface area contributed by atoms with Crippen molar-refractivity contribution < 1.29 is 0 Å². The van der Waals surface area contributed by atoms with Crippen LogP contribution in [0.1, 0.15) is 16.7 Å². The van der Waals surface area contributed by atoms with Crippen molar-refractivity contribution in [3.63, 3.8) is 0 Å². The molecule has 28 heavy (non-hydrogen) atoms. The molecular weight excluding hydrogens is 366 g/mol. The lowest BCUT2D eigenvalue weighted by atomic mass is 10.2. The molecule has 0 atom stereocenters. The molecule has 0 saturated carbocycles. The number of para-hydroxylation sites is 1. The lowest BCUT2D eigenvalue weighted by Gasteiger charge is -2.12. The van der Waals surface area contributed by atoms with Crippen molar-refractivity contribution in [2.24, 2.45) is 0 Å². The first kappa shape index (κ1) is 18.0. The predicted molar refractivity (Wildman–Crippen MR) is 110 cm³/mol. The second-order valence-corrected chi connectivity index (χ2v) is 7.21. The van der Waals surface area contributed by atoms with Gasteiger partial charge in [0.15, 0.2) is 11.0 Å². The Bertz CT molecular complexity index is 1150. The monoisotopic (exact) mass is 383 g/mol. The van der Waals surface area contributed by atoms with Gasteiger partial charge in [-0.15, -0.1) is 10.2 Å². The summed E-state index contributed by atoms with van der Waals surface area (Å²) in [6.07, 6.45) is 3.54. The summed E-state index contributed by atoms with van der Waals surface area (Å²) in [5.41, 5.74) is 4.83. The fourth-order valence-electron chi connectivity index (χ4n) is 2.96. The summed E-state index contributed by atoms with van der Waals surface area (Å²) >= 11 is 1.60. The fraction of sp³-hybridized carbons (Fsp3) is 0.0909. The average Bonchev–Trinajstić information content (AvgIpc) is 3.17. The summed E-state index contributed by atoms with van der Waals surface area (Å²) in [6, 6.07) is 21.9. The molecule has 0 amide bonds. The molecule has 6 heteroatoms. The Morgan fingerprint density at radius 1 is 1.04 bits per heavy atom. The first-order valence-electron chi connectivity index (χ1n) is 8.80. The third-order valence-corrected chi connectivity index (χ3v) is 5.33. The zero-order chi connectivity index (χ0) is 19.3. The van der Waals surface area contributed by atoms with E-state index in [-0.39, 0.29) is 0 Å². The molecule has 4 rings (SSSR count). The van der Waals surface area contributed by atoms with E-state index in [1.54, 1.807) is 24.2 Å². The second-order valence-electron chi connectivity index (χ2n) is 6.27. The third-order valence-electron chi connectivity index (χ3n) is 4.33. The summed E-state index contributed by atoms with van der Waals surface area (Å²) in [7, 11) is 0. The SMILES string of the molecule is Cc1ccccc1-n1c(SCc2cccc(C#N)c2)nnc1-c1cccnc1. The van der Waals surface area contributed by atoms with E-state index in [9.17, 15) is 0 Å². The highest BCUT2D eigenvalue weighted by molar-refractivity contribution is 7.98. The molecular formula is C22H17N5S. The maximum atomic E-state index is 9.11. The lowest BCUT2D eigenvalue weighted by molar-refractivity contribution is 0.880. The Morgan fingerprint density at radius 3 is 2.71 bits per heavy atom. The van der Waals surface area contributed by atoms with Crippen LogP contribution in [0, 0.1) is 18.3 Å². The Hall–Kier alpha value is -3.43. The van der Waals surface area contributed by atoms with Crippen LogP contribution in [0.5, 0.6) is 0 Å². The Morgan fingerprint density at radius 2 is 1.93 bits per heavy atom. The predicted octanol–water partition coefficient (Wildman–Crippen LogP) is 4.80. The van der Waals surface area contributed by atoms with Gasteiger partial charge in [-0.2, -0.15) is 5.26 Å². The quantitative estimate of drug-likeness (QED) is 0.463. The third kappa shape index (κ3) is 3.66. The minimum atomic E-state index is 0.662. The first-order chi connectivity index (χ1) is 13.8. The summed E-state index contributed by atoms with van der Waals surface area (Å²) in [4.78, 5) is 4.22. The standard InChI is InChI=1S/C22H17N5S/c1-16-6-2-3-10-20(16)27-21(19-9-5-11-24-14-19)25-26-22(27)28-15-18-8-4-7-17(12-18)13-23/h2-12,14H,15H2,1H3. The van der Waals surface area contributed by atoms with Gasteiger partial charge in [-0.1, -0.05) is 42.1 Å². The van der Waals surface area contributed by atoms with Gasteiger partial charge in [0.1, 0.15) is 0 Å². The van der Waals surface area contributed by atoms with E-state index < -0.39 is 0 Å². The zero-order valence-corrected chi connectivity index (χ0v) is 16.1. The van der Waals surface area contributed by atoms with Gasteiger partial charge in [0.2, 0.25) is 0 Å². The number of benzene rings is 2. The minimum absolute atomic E-state index is 0.662. The Balaban J connectivity index is 1.74. The molecule has 0 N–H and O–H groups in total. The molecule has 0 aliphatic rings. The first-order valence-corrected chi connectivity index (χ1v) is 9.78. The highest BCUT2D eigenvalue weighted by Gasteiger charge is 2.17. The van der Waals surface area contributed by atoms with Crippen molar-refractivity contribution in [1.29, 1.82) is 5.26 Å². The highest BCUT2D eigenvalue weighted by atomic mass is 32.2. The summed E-state index contributed by atoms with van der Waals surface area (Å²) < 4.78 is 2.07. The van der Waals surface area contributed by atoms with Crippen LogP contribution in [-0.4, -0.2) is 19.7 Å². The normalized spacial score (nSPS) is 10.6. The summed E-state index contributed by atoms with van der Waals surface area (Å²) in [6.45, 7) is 2.08. The molecule has 0 aliphatic carbocycles. The van der Waals surface area contributed by atoms with Crippen molar-refractivity contribution in [2.45, 2.75) is 17.8 Å². The van der Waals surface area contributed by atoms with Gasteiger partial charge in [0, 0.05) is 23.7 Å². The number of hydrogen-bond donors (Lipinski definition) is 0. The summed E-state index contributed by atoms with van der Waals surface area (Å²) in [5.74, 6) is 1.46. The van der Waals surface area contributed by atoms with Crippen LogP contribution in [0.25, 0.3) is 17.1 Å². The van der Waals surface area contributed by atoms with E-state index >= 15 is 0 Å². The van der Waals surface area contributed by atoms with E-state index in [4.69, 9.17) is 5.26 Å². The highest BCUT2D eigenvalue weighted by Crippen LogP contribution is 2.30. The minimum Gasteiger partial charge on any atom is -0.270 e. The number of nitriles is 1. The van der Waals surface area contributed by atoms with E-state index in [0.29, 0.717) is 11.3 Å². The van der Waals surface area contributed by atoms with Gasteiger partial charge >= 0.3 is 0 Å². The van der Waals surface area contributed by atoms with Gasteiger partial charge in [-0.05, 0) is 48.4 Å². The molecule has 0 saturated heterocycles. The van der Waals surface area contributed by atoms with Gasteiger partial charge < -0.3 is 0 Å². The molecule has 0 unspecified atom stereocenters. The largest absolute Gasteiger partial charge is 0.270 e. The van der Waals surface area contributed by atoms with Crippen LogP contribution in [0.2, 0.25) is 0 Å². The number of aryl methyl sites for hydroxylation is 1. The molecule has 2 aromatic heterocycles. The molecule has 0 fully saturated rings. The number of nitrogens with zero attached hydrogens (tertiary/aromatic N) is 5. The molecule has 0 bridgehead atoms. The number of rotatable bonds is 5. The van der Waals surface area contributed by atoms with Crippen LogP contribution in [0.4, 0.5) is 0 Å². The van der Waals surface area contributed by atoms with Gasteiger partial charge in [0.25, 0.3) is 0 Å². The number of thioether (sulfide) groups is 1. The van der Waals surface area contributed by atoms with Crippen molar-refractivity contribution in [1.82, 2.24) is 19.7 Å². The fourth-order valence-corrected chi connectivity index (χ4v) is 3.84. The van der Waals surface area contributed by atoms with Gasteiger partial charge in [-0.3, -0.25) is 9.55 Å². The van der Waals surface area contributed by atoms with E-state index in [1.165, 1.54) is 0 Å². The average molecular weight is 383 g/mol. The van der Waals surface area contributed by atoms with Gasteiger partial charge in [-0.25, -0.2) is 0 Å². The zero-order valence-electron chi connectivity index (χ0n) is 15.3. The number of aromatic nitrogens is 4. The Labute approximate surface area is 167 Å². The van der Waals surface area contributed by atoms with E-state index in [2.05, 4.69) is 44.9 Å². The molecule has 5 nitrogen and oxygen atoms in total. The topological polar surface area (TPSA) is 67.4 Å². The van der Waals surface area contributed by atoms with Crippen molar-refractivity contribution in [2.75, 3.05) is 0 Å². The van der Waals surface area contributed by atoms with E-state index in [0.717, 1.165) is 33.4 Å². The van der Waals surface area contributed by atoms with E-state index in [1.807, 2.05) is 48.5 Å². The van der Waals surface area contributed by atoms with Crippen LogP contribution in [-0.2, 0) is 5.75 Å². The smallest absolute Gasteiger partial charge is 0.196 e.